The normalized spacial score (nSPS) is 11.5. The summed E-state index contributed by atoms with van der Waals surface area (Å²) in [4.78, 5) is 24.1. The first-order chi connectivity index (χ1) is 11.5. The number of aryl methyl sites for hydroxylation is 1. The first-order valence-electron chi connectivity index (χ1n) is 7.67. The van der Waals surface area contributed by atoms with E-state index in [1.807, 2.05) is 50.2 Å². The van der Waals surface area contributed by atoms with E-state index in [2.05, 4.69) is 5.32 Å². The molecule has 5 nitrogen and oxygen atoms in total. The van der Waals surface area contributed by atoms with Gasteiger partial charge in [-0.15, -0.1) is 0 Å². The molecule has 0 saturated carbocycles. The Morgan fingerprint density at radius 1 is 1.12 bits per heavy atom. The molecule has 0 aliphatic rings. The van der Waals surface area contributed by atoms with Crippen molar-refractivity contribution in [3.63, 3.8) is 0 Å². The second-order valence-electron chi connectivity index (χ2n) is 5.48. The van der Waals surface area contributed by atoms with Gasteiger partial charge in [0.05, 0.1) is 13.2 Å². The Labute approximate surface area is 141 Å². The maximum absolute atomic E-state index is 12.2. The highest BCUT2D eigenvalue weighted by molar-refractivity contribution is 5.94. The molecule has 126 valence electrons. The van der Waals surface area contributed by atoms with E-state index in [-0.39, 0.29) is 18.6 Å². The molecule has 2 aromatic carbocycles. The van der Waals surface area contributed by atoms with Gasteiger partial charge in [-0.25, -0.2) is 4.79 Å². The van der Waals surface area contributed by atoms with Crippen LogP contribution >= 0.6 is 0 Å². The van der Waals surface area contributed by atoms with Crippen molar-refractivity contribution in [1.29, 1.82) is 0 Å². The first-order valence-corrected chi connectivity index (χ1v) is 7.67. The number of nitrogens with one attached hydrogen (secondary N) is 1. The molecule has 0 radical (unpaired) electrons. The summed E-state index contributed by atoms with van der Waals surface area (Å²) in [7, 11) is 1.48. The lowest BCUT2D eigenvalue weighted by Gasteiger charge is -2.14. The van der Waals surface area contributed by atoms with Gasteiger partial charge in [-0.1, -0.05) is 42.0 Å². The van der Waals surface area contributed by atoms with E-state index in [9.17, 15) is 9.59 Å². The molecule has 0 fully saturated rings. The number of carbonyl (C=O) groups excluding carboxylic acids is 2. The molecule has 0 bridgehead atoms. The number of rotatable bonds is 6. The van der Waals surface area contributed by atoms with Crippen molar-refractivity contribution < 1.29 is 19.1 Å². The Morgan fingerprint density at radius 3 is 2.50 bits per heavy atom. The van der Waals surface area contributed by atoms with Crippen molar-refractivity contribution >= 4 is 11.9 Å². The van der Waals surface area contributed by atoms with Gasteiger partial charge in [-0.05, 0) is 31.5 Å². The summed E-state index contributed by atoms with van der Waals surface area (Å²) >= 11 is 0. The smallest absolute Gasteiger partial charge is 0.342 e. The fourth-order valence-corrected chi connectivity index (χ4v) is 2.30. The quantitative estimate of drug-likeness (QED) is 0.828. The Morgan fingerprint density at radius 2 is 1.83 bits per heavy atom. The largest absolute Gasteiger partial charge is 0.496 e. The minimum absolute atomic E-state index is 0.161. The number of amides is 1. The van der Waals surface area contributed by atoms with Gasteiger partial charge in [0.25, 0.3) is 5.91 Å². The lowest BCUT2D eigenvalue weighted by molar-refractivity contribution is -0.124. The van der Waals surface area contributed by atoms with E-state index in [1.54, 1.807) is 12.1 Å². The van der Waals surface area contributed by atoms with Crippen molar-refractivity contribution in [3.05, 3.63) is 65.2 Å². The SMILES string of the molecule is COc1ccc(C)cc1C(=O)OCC(=O)N[C@@H](C)c1ccccc1. The molecule has 2 rings (SSSR count). The molecule has 0 unspecified atom stereocenters. The summed E-state index contributed by atoms with van der Waals surface area (Å²) in [6.07, 6.45) is 0. The van der Waals surface area contributed by atoms with Crippen LogP contribution in [0.3, 0.4) is 0 Å². The van der Waals surface area contributed by atoms with Crippen molar-refractivity contribution in [3.8, 4) is 5.75 Å². The summed E-state index contributed by atoms with van der Waals surface area (Å²) in [5, 5.41) is 2.80. The zero-order chi connectivity index (χ0) is 17.5. The summed E-state index contributed by atoms with van der Waals surface area (Å²) in [5.41, 5.74) is 2.20. The topological polar surface area (TPSA) is 64.6 Å². The Bertz CT molecular complexity index is 713. The van der Waals surface area contributed by atoms with Crippen LogP contribution in [0, 0.1) is 6.92 Å². The van der Waals surface area contributed by atoms with Gasteiger partial charge in [0.1, 0.15) is 11.3 Å². The van der Waals surface area contributed by atoms with E-state index in [0.717, 1.165) is 11.1 Å². The van der Waals surface area contributed by atoms with Crippen LogP contribution in [0.5, 0.6) is 5.75 Å². The molecular weight excluding hydrogens is 306 g/mol. The van der Waals surface area contributed by atoms with Crippen molar-refractivity contribution in [1.82, 2.24) is 5.32 Å². The maximum atomic E-state index is 12.2. The van der Waals surface area contributed by atoms with E-state index < -0.39 is 5.97 Å². The summed E-state index contributed by atoms with van der Waals surface area (Å²) in [6.45, 7) is 3.40. The van der Waals surface area contributed by atoms with Crippen LogP contribution in [0.1, 0.15) is 34.5 Å². The first kappa shape index (κ1) is 17.5. The van der Waals surface area contributed by atoms with Crippen molar-refractivity contribution in [2.75, 3.05) is 13.7 Å². The molecule has 2 aromatic rings. The second-order valence-corrected chi connectivity index (χ2v) is 5.48. The minimum Gasteiger partial charge on any atom is -0.496 e. The van der Waals surface area contributed by atoms with Gasteiger partial charge in [0, 0.05) is 0 Å². The van der Waals surface area contributed by atoms with Gasteiger partial charge in [-0.2, -0.15) is 0 Å². The monoisotopic (exact) mass is 327 g/mol. The number of ether oxygens (including phenoxy) is 2. The number of hydrogen-bond donors (Lipinski definition) is 1. The van der Waals surface area contributed by atoms with Crippen molar-refractivity contribution in [2.45, 2.75) is 19.9 Å². The molecule has 0 heterocycles. The average Bonchev–Trinajstić information content (AvgIpc) is 2.60. The summed E-state index contributed by atoms with van der Waals surface area (Å²) in [6, 6.07) is 14.6. The molecule has 1 atom stereocenters. The van der Waals surface area contributed by atoms with E-state index in [4.69, 9.17) is 9.47 Å². The molecule has 1 amide bonds. The van der Waals surface area contributed by atoms with Crippen LogP contribution in [0.15, 0.2) is 48.5 Å². The van der Waals surface area contributed by atoms with Crippen LogP contribution < -0.4 is 10.1 Å². The van der Waals surface area contributed by atoms with Crippen LogP contribution in [-0.4, -0.2) is 25.6 Å². The Kier molecular flexibility index (Phi) is 5.95. The lowest BCUT2D eigenvalue weighted by atomic mass is 10.1. The summed E-state index contributed by atoms with van der Waals surface area (Å²) < 4.78 is 10.2. The third-order valence-corrected chi connectivity index (χ3v) is 3.59. The molecule has 0 aromatic heterocycles. The molecular formula is C19H21NO4. The molecule has 0 saturated heterocycles. The zero-order valence-electron chi connectivity index (χ0n) is 14.0. The zero-order valence-corrected chi connectivity index (χ0v) is 14.0. The van der Waals surface area contributed by atoms with Gasteiger partial charge in [0.15, 0.2) is 6.61 Å². The van der Waals surface area contributed by atoms with Crippen LogP contribution in [0.4, 0.5) is 0 Å². The van der Waals surface area contributed by atoms with Gasteiger partial charge in [0.2, 0.25) is 0 Å². The lowest BCUT2D eigenvalue weighted by Crippen LogP contribution is -2.31. The number of methoxy groups -OCH3 is 1. The Hall–Kier alpha value is -2.82. The standard InChI is InChI=1S/C19H21NO4/c1-13-9-10-17(23-3)16(11-13)19(22)24-12-18(21)20-14(2)15-7-5-4-6-8-15/h4-11,14H,12H2,1-3H3,(H,20,21)/t14-/m0/s1. The highest BCUT2D eigenvalue weighted by Gasteiger charge is 2.16. The van der Waals surface area contributed by atoms with Crippen LogP contribution in [0.2, 0.25) is 0 Å². The highest BCUT2D eigenvalue weighted by atomic mass is 16.5. The van der Waals surface area contributed by atoms with Crippen molar-refractivity contribution in [2.24, 2.45) is 0 Å². The minimum atomic E-state index is -0.585. The number of esters is 1. The fraction of sp³-hybridized carbons (Fsp3) is 0.263. The predicted molar refractivity (Wildman–Crippen MR) is 91.0 cm³/mol. The van der Waals surface area contributed by atoms with Crippen LogP contribution in [0.25, 0.3) is 0 Å². The fourth-order valence-electron chi connectivity index (χ4n) is 2.30. The second kappa shape index (κ2) is 8.15. The van der Waals surface area contributed by atoms with Crippen LogP contribution in [-0.2, 0) is 9.53 Å². The third-order valence-electron chi connectivity index (χ3n) is 3.59. The predicted octanol–water partition coefficient (Wildman–Crippen LogP) is 3.04. The molecule has 5 heteroatoms. The van der Waals surface area contributed by atoms with E-state index in [0.29, 0.717) is 11.3 Å². The molecule has 0 aliphatic heterocycles. The third kappa shape index (κ3) is 4.59. The number of hydrogen-bond acceptors (Lipinski definition) is 4. The highest BCUT2D eigenvalue weighted by Crippen LogP contribution is 2.20. The van der Waals surface area contributed by atoms with E-state index in [1.165, 1.54) is 7.11 Å². The molecule has 0 aliphatic carbocycles. The maximum Gasteiger partial charge on any atom is 0.342 e. The molecule has 24 heavy (non-hydrogen) atoms. The summed E-state index contributed by atoms with van der Waals surface area (Å²) in [5.74, 6) is -0.520. The van der Waals surface area contributed by atoms with Gasteiger partial charge < -0.3 is 14.8 Å². The number of carbonyl (C=O) groups is 2. The van der Waals surface area contributed by atoms with Gasteiger partial charge in [-0.3, -0.25) is 4.79 Å². The Balaban J connectivity index is 1.92. The molecule has 0 spiro atoms. The number of benzene rings is 2. The van der Waals surface area contributed by atoms with Gasteiger partial charge >= 0.3 is 5.97 Å². The van der Waals surface area contributed by atoms with E-state index >= 15 is 0 Å². The molecule has 1 N–H and O–H groups in total. The average molecular weight is 327 g/mol.